The third-order valence-electron chi connectivity index (χ3n) is 2.78. The topological polar surface area (TPSA) is 12.0 Å². The van der Waals surface area contributed by atoms with Gasteiger partial charge in [-0.3, -0.25) is 0 Å². The van der Waals surface area contributed by atoms with Gasteiger partial charge >= 0.3 is 0 Å². The van der Waals surface area contributed by atoms with E-state index in [4.69, 9.17) is 6.42 Å². The lowest BCUT2D eigenvalue weighted by atomic mass is 9.97. The largest absolute Gasteiger partial charge is 0.313 e. The second-order valence-corrected chi connectivity index (χ2v) is 4.85. The molecule has 0 bridgehead atoms. The summed E-state index contributed by atoms with van der Waals surface area (Å²) in [5.74, 6) is 2.69. The Morgan fingerprint density at radius 1 is 1.50 bits per heavy atom. The molecule has 1 atom stereocenters. The summed E-state index contributed by atoms with van der Waals surface area (Å²) in [6, 6.07) is 6.80. The monoisotopic (exact) mass is 279 g/mol. The minimum Gasteiger partial charge on any atom is -0.313 e. The smallest absolute Gasteiger partial charge is 0.0320 e. The summed E-state index contributed by atoms with van der Waals surface area (Å²) >= 11 is 3.52. The highest BCUT2D eigenvalue weighted by molar-refractivity contribution is 9.10. The quantitative estimate of drug-likeness (QED) is 0.638. The van der Waals surface area contributed by atoms with Crippen LogP contribution >= 0.6 is 15.9 Å². The lowest BCUT2D eigenvalue weighted by molar-refractivity contribution is 0.529. The molecule has 0 aliphatic heterocycles. The number of nitrogens with one attached hydrogen (secondary N) is 1. The van der Waals surface area contributed by atoms with Gasteiger partial charge in [-0.15, -0.1) is 12.3 Å². The minimum absolute atomic E-state index is 0.394. The fraction of sp³-hybridized carbons (Fsp3) is 0.429. The Labute approximate surface area is 107 Å². The Hall–Kier alpha value is -0.780. The van der Waals surface area contributed by atoms with Crippen molar-refractivity contribution in [2.24, 2.45) is 0 Å². The normalized spacial score (nSPS) is 12.1. The number of aryl methyl sites for hydroxylation is 1. The number of rotatable bonds is 5. The first-order valence-electron chi connectivity index (χ1n) is 5.55. The van der Waals surface area contributed by atoms with E-state index in [2.05, 4.69) is 52.3 Å². The number of halogens is 1. The van der Waals surface area contributed by atoms with Crippen LogP contribution in [0.25, 0.3) is 0 Å². The first kappa shape index (κ1) is 13.3. The molecule has 16 heavy (non-hydrogen) atoms. The lowest BCUT2D eigenvalue weighted by Crippen LogP contribution is -2.17. The molecule has 0 amide bonds. The molecule has 0 spiro atoms. The van der Waals surface area contributed by atoms with E-state index >= 15 is 0 Å². The van der Waals surface area contributed by atoms with E-state index in [-0.39, 0.29) is 0 Å². The maximum absolute atomic E-state index is 5.27. The maximum atomic E-state index is 5.27. The van der Waals surface area contributed by atoms with Crippen molar-refractivity contribution < 1.29 is 0 Å². The first-order valence-corrected chi connectivity index (χ1v) is 6.35. The minimum atomic E-state index is 0.394. The van der Waals surface area contributed by atoms with Crippen molar-refractivity contribution >= 4 is 15.9 Å². The summed E-state index contributed by atoms with van der Waals surface area (Å²) in [4.78, 5) is 0. The Morgan fingerprint density at radius 2 is 2.25 bits per heavy atom. The van der Waals surface area contributed by atoms with Crippen LogP contribution < -0.4 is 5.32 Å². The summed E-state index contributed by atoms with van der Waals surface area (Å²) in [6.07, 6.45) is 8.27. The molecule has 2 heteroatoms. The molecule has 0 fully saturated rings. The van der Waals surface area contributed by atoms with Crippen LogP contribution in [0, 0.1) is 19.3 Å². The van der Waals surface area contributed by atoms with Crippen molar-refractivity contribution in [3.63, 3.8) is 0 Å². The van der Waals surface area contributed by atoms with Crippen LogP contribution in [0.1, 0.15) is 36.4 Å². The predicted molar refractivity (Wildman–Crippen MR) is 73.4 cm³/mol. The highest BCUT2D eigenvalue weighted by Gasteiger charge is 2.11. The predicted octanol–water partition coefficient (Wildman–Crippen LogP) is 3.82. The summed E-state index contributed by atoms with van der Waals surface area (Å²) in [5, 5.41) is 3.36. The van der Waals surface area contributed by atoms with Gasteiger partial charge in [0.15, 0.2) is 0 Å². The summed E-state index contributed by atoms with van der Waals surface area (Å²) in [5.41, 5.74) is 2.68. The van der Waals surface area contributed by atoms with Gasteiger partial charge in [0.05, 0.1) is 0 Å². The van der Waals surface area contributed by atoms with Crippen LogP contribution in [-0.4, -0.2) is 7.05 Å². The molecule has 86 valence electrons. The molecule has 1 rings (SSSR count). The van der Waals surface area contributed by atoms with Crippen molar-refractivity contribution in [2.45, 2.75) is 32.2 Å². The number of unbranched alkanes of at least 4 members (excludes halogenated alkanes) is 1. The Kier molecular flexibility index (Phi) is 5.59. The van der Waals surface area contributed by atoms with E-state index in [0.29, 0.717) is 6.04 Å². The summed E-state index contributed by atoms with van der Waals surface area (Å²) in [6.45, 7) is 2.15. The Morgan fingerprint density at radius 3 is 2.88 bits per heavy atom. The number of hydrogen-bond acceptors (Lipinski definition) is 1. The molecule has 1 nitrogen and oxygen atoms in total. The maximum Gasteiger partial charge on any atom is 0.0320 e. The van der Waals surface area contributed by atoms with Gasteiger partial charge in [0.25, 0.3) is 0 Å². The molecule has 0 aromatic heterocycles. The van der Waals surface area contributed by atoms with Gasteiger partial charge < -0.3 is 5.32 Å². The average molecular weight is 280 g/mol. The fourth-order valence-corrected chi connectivity index (χ4v) is 2.23. The first-order chi connectivity index (χ1) is 7.69. The molecular weight excluding hydrogens is 262 g/mol. The second-order valence-electron chi connectivity index (χ2n) is 3.94. The second kappa shape index (κ2) is 6.73. The molecule has 0 heterocycles. The molecule has 1 aromatic rings. The average Bonchev–Trinajstić information content (AvgIpc) is 2.28. The third kappa shape index (κ3) is 3.66. The van der Waals surface area contributed by atoms with E-state index < -0.39 is 0 Å². The van der Waals surface area contributed by atoms with Gasteiger partial charge in [-0.05, 0) is 50.1 Å². The molecule has 1 N–H and O–H groups in total. The van der Waals surface area contributed by atoms with Crippen molar-refractivity contribution in [3.8, 4) is 12.3 Å². The molecule has 0 aliphatic carbocycles. The van der Waals surface area contributed by atoms with Crippen LogP contribution in [-0.2, 0) is 0 Å². The third-order valence-corrected chi connectivity index (χ3v) is 3.27. The van der Waals surface area contributed by atoms with Gasteiger partial charge in [0.2, 0.25) is 0 Å². The Balaban J connectivity index is 2.78. The zero-order chi connectivity index (χ0) is 12.0. The van der Waals surface area contributed by atoms with Crippen molar-refractivity contribution in [1.82, 2.24) is 5.32 Å². The number of terminal acetylenes is 1. The molecule has 0 saturated heterocycles. The van der Waals surface area contributed by atoms with Crippen LogP contribution in [0.15, 0.2) is 22.7 Å². The zero-order valence-electron chi connectivity index (χ0n) is 9.89. The van der Waals surface area contributed by atoms with Crippen LogP contribution in [0.5, 0.6) is 0 Å². The molecule has 1 aromatic carbocycles. The van der Waals surface area contributed by atoms with Crippen LogP contribution in [0.4, 0.5) is 0 Å². The highest BCUT2D eigenvalue weighted by Crippen LogP contribution is 2.25. The van der Waals surface area contributed by atoms with Crippen molar-refractivity contribution in [3.05, 3.63) is 33.8 Å². The van der Waals surface area contributed by atoms with Crippen LogP contribution in [0.2, 0.25) is 0 Å². The zero-order valence-corrected chi connectivity index (χ0v) is 11.5. The van der Waals surface area contributed by atoms with Gasteiger partial charge in [-0.2, -0.15) is 0 Å². The molecule has 0 radical (unpaired) electrons. The van der Waals surface area contributed by atoms with Crippen LogP contribution in [0.3, 0.4) is 0 Å². The SMILES string of the molecule is C#CCCCC(NC)c1cc(Br)ccc1C. The van der Waals surface area contributed by atoms with Crippen molar-refractivity contribution in [2.75, 3.05) is 7.05 Å². The highest BCUT2D eigenvalue weighted by atomic mass is 79.9. The van der Waals surface area contributed by atoms with Crippen molar-refractivity contribution in [1.29, 1.82) is 0 Å². The standard InChI is InChI=1S/C14H18BrN/c1-4-5-6-7-14(16-3)13-10-12(15)9-8-11(13)2/h1,8-10,14,16H,5-7H2,2-3H3. The molecular formula is C14H18BrN. The van der Waals surface area contributed by atoms with E-state index in [1.165, 1.54) is 11.1 Å². The molecule has 0 saturated carbocycles. The van der Waals surface area contributed by atoms with Gasteiger partial charge in [0, 0.05) is 16.9 Å². The van der Waals surface area contributed by atoms with Gasteiger partial charge in [-0.25, -0.2) is 0 Å². The van der Waals surface area contributed by atoms with Gasteiger partial charge in [0.1, 0.15) is 0 Å². The van der Waals surface area contributed by atoms with E-state index in [1.807, 2.05) is 7.05 Å². The van der Waals surface area contributed by atoms with E-state index in [0.717, 1.165) is 23.7 Å². The lowest BCUT2D eigenvalue weighted by Gasteiger charge is -2.18. The number of benzene rings is 1. The Bertz CT molecular complexity index is 379. The molecule has 1 unspecified atom stereocenters. The molecule has 0 aliphatic rings. The summed E-state index contributed by atoms with van der Waals surface area (Å²) < 4.78 is 1.13. The summed E-state index contributed by atoms with van der Waals surface area (Å²) in [7, 11) is 2.00. The number of hydrogen-bond donors (Lipinski definition) is 1. The van der Waals surface area contributed by atoms with Gasteiger partial charge in [-0.1, -0.05) is 22.0 Å². The fourth-order valence-electron chi connectivity index (χ4n) is 1.85. The van der Waals surface area contributed by atoms with E-state index in [1.54, 1.807) is 0 Å². The van der Waals surface area contributed by atoms with E-state index in [9.17, 15) is 0 Å².